The molecule has 0 N–H and O–H groups in total. The molecule has 2 aromatic heterocycles. The van der Waals surface area contributed by atoms with Crippen molar-refractivity contribution < 1.29 is 9.53 Å². The first-order valence-electron chi connectivity index (χ1n) is 9.53. The molecule has 0 bridgehead atoms. The molecule has 1 atom stereocenters. The summed E-state index contributed by atoms with van der Waals surface area (Å²) in [6.45, 7) is 2.63. The summed E-state index contributed by atoms with van der Waals surface area (Å²) in [5.74, 6) is 0.693. The molecule has 3 aromatic rings. The fourth-order valence-electron chi connectivity index (χ4n) is 4.50. The fourth-order valence-corrected chi connectivity index (χ4v) is 4.50. The average Bonchev–Trinajstić information content (AvgIpc) is 3.30. The van der Waals surface area contributed by atoms with Gasteiger partial charge in [-0.25, -0.2) is 0 Å². The van der Waals surface area contributed by atoms with Gasteiger partial charge in [0.25, 0.3) is 11.5 Å². The van der Waals surface area contributed by atoms with Crippen LogP contribution in [0.1, 0.15) is 40.4 Å². The number of nitrogens with zero attached hydrogens (tertiary/aromatic N) is 3. The van der Waals surface area contributed by atoms with E-state index >= 15 is 0 Å². The molecular formula is C22H25N3O3. The van der Waals surface area contributed by atoms with Crippen LogP contribution in [0, 0.1) is 6.92 Å². The molecular weight excluding hydrogens is 354 g/mol. The van der Waals surface area contributed by atoms with Crippen molar-refractivity contribution in [3.05, 3.63) is 63.7 Å². The molecule has 1 fully saturated rings. The molecule has 28 heavy (non-hydrogen) atoms. The molecule has 0 saturated carbocycles. The second kappa shape index (κ2) is 6.86. The third-order valence-electron chi connectivity index (χ3n) is 5.72. The highest BCUT2D eigenvalue weighted by Crippen LogP contribution is 2.38. The van der Waals surface area contributed by atoms with Crippen LogP contribution in [0.5, 0.6) is 5.75 Å². The lowest BCUT2D eigenvalue weighted by atomic mass is 10.0. The molecule has 1 amide bonds. The van der Waals surface area contributed by atoms with Crippen LogP contribution in [0.3, 0.4) is 0 Å². The van der Waals surface area contributed by atoms with Gasteiger partial charge in [0.05, 0.1) is 29.6 Å². The van der Waals surface area contributed by atoms with E-state index < -0.39 is 0 Å². The van der Waals surface area contributed by atoms with Gasteiger partial charge in [0.2, 0.25) is 0 Å². The second-order valence-corrected chi connectivity index (χ2v) is 7.50. The third-order valence-corrected chi connectivity index (χ3v) is 5.72. The van der Waals surface area contributed by atoms with Crippen molar-refractivity contribution in [2.75, 3.05) is 13.7 Å². The average molecular weight is 379 g/mol. The number of carbonyl (C=O) groups excluding carboxylic acids is 1. The van der Waals surface area contributed by atoms with Gasteiger partial charge in [-0.05, 0) is 31.4 Å². The molecule has 0 aliphatic carbocycles. The monoisotopic (exact) mass is 379 g/mol. The molecule has 3 heterocycles. The molecule has 0 radical (unpaired) electrons. The number of para-hydroxylation sites is 1. The maximum Gasteiger partial charge on any atom is 0.260 e. The second-order valence-electron chi connectivity index (χ2n) is 7.50. The molecule has 1 saturated heterocycles. The van der Waals surface area contributed by atoms with Crippen molar-refractivity contribution in [1.29, 1.82) is 0 Å². The summed E-state index contributed by atoms with van der Waals surface area (Å²) in [6, 6.07) is 7.79. The van der Waals surface area contributed by atoms with E-state index in [4.69, 9.17) is 4.74 Å². The lowest BCUT2D eigenvalue weighted by molar-refractivity contribution is 0.0736. The Labute approximate surface area is 163 Å². The molecule has 6 nitrogen and oxygen atoms in total. The Kier molecular flexibility index (Phi) is 4.49. The summed E-state index contributed by atoms with van der Waals surface area (Å²) in [5, 5.41) is 0.501. The molecule has 1 aromatic carbocycles. The van der Waals surface area contributed by atoms with E-state index in [2.05, 4.69) is 0 Å². The first-order chi connectivity index (χ1) is 13.4. The lowest BCUT2D eigenvalue weighted by Gasteiger charge is -2.26. The number of likely N-dealkylation sites (tertiary alicyclic amines) is 1. The van der Waals surface area contributed by atoms with E-state index in [0.717, 1.165) is 35.2 Å². The van der Waals surface area contributed by atoms with Crippen molar-refractivity contribution in [1.82, 2.24) is 14.0 Å². The Morgan fingerprint density at radius 2 is 1.89 bits per heavy atom. The topological polar surface area (TPSA) is 56.5 Å². The van der Waals surface area contributed by atoms with Gasteiger partial charge in [-0.1, -0.05) is 18.2 Å². The number of amides is 1. The summed E-state index contributed by atoms with van der Waals surface area (Å²) in [5.41, 5.74) is 3.14. The molecule has 146 valence electrons. The van der Waals surface area contributed by atoms with Crippen LogP contribution in [-0.4, -0.2) is 33.6 Å². The molecule has 1 aliphatic rings. The van der Waals surface area contributed by atoms with Crippen LogP contribution in [0.2, 0.25) is 0 Å². The highest BCUT2D eigenvalue weighted by Gasteiger charge is 2.34. The number of hydrogen-bond acceptors (Lipinski definition) is 3. The third kappa shape index (κ3) is 2.71. The van der Waals surface area contributed by atoms with Crippen molar-refractivity contribution in [3.8, 4) is 5.75 Å². The zero-order valence-electron chi connectivity index (χ0n) is 16.7. The minimum absolute atomic E-state index is 0.0485. The number of methoxy groups -OCH3 is 1. The Morgan fingerprint density at radius 1 is 1.14 bits per heavy atom. The van der Waals surface area contributed by atoms with E-state index in [9.17, 15) is 9.59 Å². The van der Waals surface area contributed by atoms with Crippen molar-refractivity contribution in [2.45, 2.75) is 25.8 Å². The van der Waals surface area contributed by atoms with Gasteiger partial charge in [-0.15, -0.1) is 0 Å². The fraction of sp³-hybridized carbons (Fsp3) is 0.364. The van der Waals surface area contributed by atoms with Crippen molar-refractivity contribution >= 4 is 16.8 Å². The number of rotatable bonds is 3. The number of ether oxygens (including phenoxy) is 1. The molecule has 1 unspecified atom stereocenters. The minimum atomic E-state index is -0.141. The van der Waals surface area contributed by atoms with Crippen LogP contribution < -0.4 is 10.3 Å². The number of pyridine rings is 1. The van der Waals surface area contributed by atoms with Gasteiger partial charge in [0, 0.05) is 38.6 Å². The zero-order chi connectivity index (χ0) is 20.0. The van der Waals surface area contributed by atoms with Gasteiger partial charge >= 0.3 is 0 Å². The quantitative estimate of drug-likeness (QED) is 0.702. The largest absolute Gasteiger partial charge is 0.496 e. The first kappa shape index (κ1) is 18.3. The van der Waals surface area contributed by atoms with Gasteiger partial charge in [0.1, 0.15) is 5.75 Å². The molecule has 4 rings (SSSR count). The molecule has 6 heteroatoms. The Balaban J connectivity index is 1.83. The van der Waals surface area contributed by atoms with Gasteiger partial charge in [-0.2, -0.15) is 0 Å². The smallest absolute Gasteiger partial charge is 0.260 e. The van der Waals surface area contributed by atoms with Crippen molar-refractivity contribution in [2.24, 2.45) is 14.1 Å². The summed E-state index contributed by atoms with van der Waals surface area (Å²) < 4.78 is 8.96. The van der Waals surface area contributed by atoms with Gasteiger partial charge in [0.15, 0.2) is 0 Å². The molecule has 0 spiro atoms. The number of carbonyl (C=O) groups is 1. The predicted molar refractivity (Wildman–Crippen MR) is 109 cm³/mol. The predicted octanol–water partition coefficient (Wildman–Crippen LogP) is 3.17. The number of aromatic nitrogens is 2. The highest BCUT2D eigenvalue weighted by atomic mass is 16.5. The highest BCUT2D eigenvalue weighted by molar-refractivity contribution is 6.07. The van der Waals surface area contributed by atoms with E-state index in [1.54, 1.807) is 24.9 Å². The van der Waals surface area contributed by atoms with E-state index in [0.29, 0.717) is 17.5 Å². The van der Waals surface area contributed by atoms with Crippen LogP contribution in [0.15, 0.2) is 41.5 Å². The molecule has 1 aliphatic heterocycles. The first-order valence-corrected chi connectivity index (χ1v) is 9.53. The SMILES string of the molecule is COc1ccccc1C1CCCN1C(=O)c1cn(C)c2c(C)cn(C)c(=O)c12. The Bertz CT molecular complexity index is 1130. The van der Waals surface area contributed by atoms with Crippen LogP contribution >= 0.6 is 0 Å². The maximum absolute atomic E-state index is 13.6. The summed E-state index contributed by atoms with van der Waals surface area (Å²) in [4.78, 5) is 28.3. The number of fused-ring (bicyclic) bond motifs is 1. The van der Waals surface area contributed by atoms with Crippen LogP contribution in [0.25, 0.3) is 10.9 Å². The minimum Gasteiger partial charge on any atom is -0.496 e. The van der Waals surface area contributed by atoms with Crippen LogP contribution in [-0.2, 0) is 14.1 Å². The van der Waals surface area contributed by atoms with Crippen molar-refractivity contribution in [3.63, 3.8) is 0 Å². The van der Waals surface area contributed by atoms with E-state index in [1.807, 2.05) is 53.9 Å². The van der Waals surface area contributed by atoms with Gasteiger partial charge < -0.3 is 18.8 Å². The summed E-state index contributed by atoms with van der Waals surface area (Å²) in [6.07, 6.45) is 5.41. The van der Waals surface area contributed by atoms with E-state index in [1.165, 1.54) is 0 Å². The summed E-state index contributed by atoms with van der Waals surface area (Å²) >= 11 is 0. The maximum atomic E-state index is 13.6. The number of aryl methyl sites for hydroxylation is 3. The Morgan fingerprint density at radius 3 is 2.64 bits per heavy atom. The number of hydrogen-bond donors (Lipinski definition) is 0. The Hall–Kier alpha value is -3.02. The summed E-state index contributed by atoms with van der Waals surface area (Å²) in [7, 11) is 5.26. The van der Waals surface area contributed by atoms with Gasteiger partial charge in [-0.3, -0.25) is 9.59 Å². The normalized spacial score (nSPS) is 16.7. The van der Waals surface area contributed by atoms with E-state index in [-0.39, 0.29) is 17.5 Å². The zero-order valence-corrected chi connectivity index (χ0v) is 16.7. The lowest BCUT2D eigenvalue weighted by Crippen LogP contribution is -2.31. The number of benzene rings is 1. The standard InChI is InChI=1S/C22H25N3O3/c1-14-12-24(3)22(27)19-16(13-23(2)20(14)19)21(26)25-11-7-9-17(25)15-8-5-6-10-18(15)28-4/h5-6,8,10,12-13,17H,7,9,11H2,1-4H3. The van der Waals surface area contributed by atoms with Crippen LogP contribution in [0.4, 0.5) is 0 Å².